The van der Waals surface area contributed by atoms with Crippen molar-refractivity contribution in [3.05, 3.63) is 28.2 Å². The first-order valence-electron chi connectivity index (χ1n) is 5.43. The van der Waals surface area contributed by atoms with Crippen molar-refractivity contribution in [1.29, 1.82) is 0 Å². The molecule has 0 radical (unpaired) electrons. The van der Waals surface area contributed by atoms with Crippen LogP contribution in [0.1, 0.15) is 31.3 Å². The Morgan fingerprint density at radius 2 is 2.29 bits per heavy atom. The lowest BCUT2D eigenvalue weighted by molar-refractivity contribution is 0.0301. The van der Waals surface area contributed by atoms with Gasteiger partial charge in [0.1, 0.15) is 11.9 Å². The fourth-order valence-electron chi connectivity index (χ4n) is 1.99. The van der Waals surface area contributed by atoms with Gasteiger partial charge in [0.2, 0.25) is 0 Å². The van der Waals surface area contributed by atoms with Crippen LogP contribution in [0.4, 0.5) is 0 Å². The molecular formula is C11H15N3O3. The van der Waals surface area contributed by atoms with Crippen LogP contribution in [-0.4, -0.2) is 39.4 Å². The van der Waals surface area contributed by atoms with E-state index in [2.05, 4.69) is 10.2 Å². The smallest absolute Gasteiger partial charge is 0.276 e. The third-order valence-electron chi connectivity index (χ3n) is 2.81. The zero-order chi connectivity index (χ0) is 12.6. The van der Waals surface area contributed by atoms with Crippen LogP contribution in [-0.2, 0) is 4.74 Å². The first-order chi connectivity index (χ1) is 7.92. The van der Waals surface area contributed by atoms with Crippen molar-refractivity contribution in [2.75, 3.05) is 6.61 Å². The van der Waals surface area contributed by atoms with Gasteiger partial charge < -0.3 is 9.64 Å². The van der Waals surface area contributed by atoms with Crippen LogP contribution in [0.15, 0.2) is 16.9 Å². The molecule has 1 atom stereocenters. The minimum atomic E-state index is -0.367. The van der Waals surface area contributed by atoms with E-state index < -0.39 is 0 Å². The Bertz CT molecular complexity index is 474. The van der Waals surface area contributed by atoms with E-state index in [0.29, 0.717) is 6.61 Å². The van der Waals surface area contributed by atoms with Crippen LogP contribution < -0.4 is 5.56 Å². The van der Waals surface area contributed by atoms with E-state index in [0.717, 1.165) is 0 Å². The van der Waals surface area contributed by atoms with E-state index in [4.69, 9.17) is 4.74 Å². The zero-order valence-electron chi connectivity index (χ0n) is 10.1. The van der Waals surface area contributed by atoms with Crippen molar-refractivity contribution < 1.29 is 9.53 Å². The number of hydrogen-bond donors (Lipinski definition) is 1. The number of carbonyl (C=O) groups excluding carboxylic acids is 1. The monoisotopic (exact) mass is 237 g/mol. The molecule has 2 heterocycles. The van der Waals surface area contributed by atoms with Gasteiger partial charge in [0.15, 0.2) is 0 Å². The van der Waals surface area contributed by atoms with Gasteiger partial charge >= 0.3 is 0 Å². The molecule has 0 spiro atoms. The number of H-pyrrole nitrogens is 1. The summed E-state index contributed by atoms with van der Waals surface area (Å²) in [6, 6.07) is 2.71. The number of nitrogens with zero attached hydrogens (tertiary/aromatic N) is 2. The molecule has 0 saturated carbocycles. The second-order valence-electron chi connectivity index (χ2n) is 4.70. The lowest BCUT2D eigenvalue weighted by Gasteiger charge is -2.31. The summed E-state index contributed by atoms with van der Waals surface area (Å²) in [5, 5.41) is 5.99. The van der Waals surface area contributed by atoms with Gasteiger partial charge in [-0.25, -0.2) is 5.10 Å². The van der Waals surface area contributed by atoms with Crippen LogP contribution in [0.2, 0.25) is 0 Å². The Balaban J connectivity index is 2.31. The minimum absolute atomic E-state index is 0.218. The Morgan fingerprint density at radius 1 is 1.59 bits per heavy atom. The average molecular weight is 237 g/mol. The number of amides is 1. The summed E-state index contributed by atoms with van der Waals surface area (Å²) in [7, 11) is 0. The number of nitrogens with one attached hydrogen (secondary N) is 1. The molecule has 6 nitrogen and oxygen atoms in total. The molecule has 1 fully saturated rings. The number of hydrogen-bond acceptors (Lipinski definition) is 4. The molecule has 1 amide bonds. The predicted octanol–water partition coefficient (Wildman–Crippen LogP) is 0.367. The summed E-state index contributed by atoms with van der Waals surface area (Å²) in [5.74, 6) is -0.240. The maximum Gasteiger partial charge on any atom is 0.276 e. The summed E-state index contributed by atoms with van der Waals surface area (Å²) in [6.07, 6.45) is -0.286. The molecule has 17 heavy (non-hydrogen) atoms. The largest absolute Gasteiger partial charge is 0.356 e. The fourth-order valence-corrected chi connectivity index (χ4v) is 1.99. The van der Waals surface area contributed by atoms with Crippen LogP contribution in [0.3, 0.4) is 0 Å². The zero-order valence-corrected chi connectivity index (χ0v) is 10.1. The Kier molecular flexibility index (Phi) is 2.74. The van der Waals surface area contributed by atoms with E-state index in [1.807, 2.05) is 20.8 Å². The maximum atomic E-state index is 12.2. The van der Waals surface area contributed by atoms with Crippen molar-refractivity contribution in [2.45, 2.75) is 32.5 Å². The van der Waals surface area contributed by atoms with Gasteiger partial charge in [-0.1, -0.05) is 0 Å². The standard InChI is InChI=1S/C11H15N3O3/c1-7-14(11(2,3)6-17-7)10(16)8-4-5-9(15)13-12-8/h4-5,7H,6H2,1-3H3,(H,13,15). The molecule has 1 aliphatic heterocycles. The quantitative estimate of drug-likeness (QED) is 0.765. The summed E-state index contributed by atoms with van der Waals surface area (Å²) in [6.45, 7) is 6.17. The van der Waals surface area contributed by atoms with E-state index >= 15 is 0 Å². The van der Waals surface area contributed by atoms with Gasteiger partial charge in [0.25, 0.3) is 11.5 Å². The summed E-state index contributed by atoms with van der Waals surface area (Å²) < 4.78 is 5.45. The Labute approximate surface area is 98.6 Å². The second kappa shape index (κ2) is 3.96. The summed E-state index contributed by atoms with van der Waals surface area (Å²) >= 11 is 0. The Morgan fingerprint density at radius 3 is 2.76 bits per heavy atom. The number of aromatic nitrogens is 2. The summed E-state index contributed by atoms with van der Waals surface area (Å²) in [5.41, 5.74) is -0.476. The molecule has 2 rings (SSSR count). The van der Waals surface area contributed by atoms with Crippen LogP contribution in [0, 0.1) is 0 Å². The molecule has 1 aromatic rings. The number of rotatable bonds is 1. The van der Waals surface area contributed by atoms with Crippen LogP contribution >= 0.6 is 0 Å². The molecule has 1 aromatic heterocycles. The van der Waals surface area contributed by atoms with Gasteiger partial charge in [0, 0.05) is 6.07 Å². The molecule has 1 aliphatic rings. The topological polar surface area (TPSA) is 75.3 Å². The van der Waals surface area contributed by atoms with E-state index in [-0.39, 0.29) is 28.9 Å². The highest BCUT2D eigenvalue weighted by Crippen LogP contribution is 2.27. The molecule has 1 saturated heterocycles. The lowest BCUT2D eigenvalue weighted by atomic mass is 10.1. The van der Waals surface area contributed by atoms with Gasteiger partial charge in [-0.3, -0.25) is 9.59 Å². The molecule has 6 heteroatoms. The normalized spacial score (nSPS) is 22.8. The first kappa shape index (κ1) is 11.8. The highest BCUT2D eigenvalue weighted by molar-refractivity contribution is 5.92. The number of aromatic amines is 1. The van der Waals surface area contributed by atoms with Gasteiger partial charge in [-0.05, 0) is 26.8 Å². The first-order valence-corrected chi connectivity index (χ1v) is 5.43. The minimum Gasteiger partial charge on any atom is -0.356 e. The van der Waals surface area contributed by atoms with Gasteiger partial charge in [-0.15, -0.1) is 0 Å². The second-order valence-corrected chi connectivity index (χ2v) is 4.70. The van der Waals surface area contributed by atoms with E-state index in [1.54, 1.807) is 4.90 Å². The van der Waals surface area contributed by atoms with E-state index in [9.17, 15) is 9.59 Å². The molecule has 92 valence electrons. The summed E-state index contributed by atoms with van der Waals surface area (Å²) in [4.78, 5) is 24.8. The molecular weight excluding hydrogens is 222 g/mol. The third-order valence-corrected chi connectivity index (χ3v) is 2.81. The van der Waals surface area contributed by atoms with Crippen molar-refractivity contribution in [1.82, 2.24) is 15.1 Å². The third kappa shape index (κ3) is 2.08. The van der Waals surface area contributed by atoms with Crippen LogP contribution in [0.25, 0.3) is 0 Å². The van der Waals surface area contributed by atoms with Crippen molar-refractivity contribution in [3.63, 3.8) is 0 Å². The highest BCUT2D eigenvalue weighted by Gasteiger charge is 2.42. The average Bonchev–Trinajstić information content (AvgIpc) is 2.53. The lowest BCUT2D eigenvalue weighted by Crippen LogP contribution is -2.47. The maximum absolute atomic E-state index is 12.2. The van der Waals surface area contributed by atoms with E-state index in [1.165, 1.54) is 12.1 Å². The Hall–Kier alpha value is -1.69. The van der Waals surface area contributed by atoms with Crippen molar-refractivity contribution in [3.8, 4) is 0 Å². The highest BCUT2D eigenvalue weighted by atomic mass is 16.5. The molecule has 0 aliphatic carbocycles. The van der Waals surface area contributed by atoms with Crippen molar-refractivity contribution in [2.24, 2.45) is 0 Å². The molecule has 0 bridgehead atoms. The number of carbonyl (C=O) groups is 1. The molecule has 1 unspecified atom stereocenters. The van der Waals surface area contributed by atoms with Gasteiger partial charge in [-0.2, -0.15) is 5.10 Å². The fraction of sp³-hybridized carbons (Fsp3) is 0.545. The van der Waals surface area contributed by atoms with Gasteiger partial charge in [0.05, 0.1) is 12.1 Å². The van der Waals surface area contributed by atoms with Crippen LogP contribution in [0.5, 0.6) is 0 Å². The SMILES string of the molecule is CC1OCC(C)(C)N1C(=O)c1ccc(=O)[nH]n1. The van der Waals surface area contributed by atoms with Crippen molar-refractivity contribution >= 4 is 5.91 Å². The predicted molar refractivity (Wildman–Crippen MR) is 60.5 cm³/mol. The molecule has 1 N–H and O–H groups in total. The number of ether oxygens (including phenoxy) is 1. The molecule has 0 aromatic carbocycles.